The number of hydrogen-bond donors (Lipinski definition) is 2. The highest BCUT2D eigenvalue weighted by atomic mass is 16.5. The van der Waals surface area contributed by atoms with E-state index in [4.69, 9.17) is 10.5 Å². The Bertz CT molecular complexity index is 427. The highest BCUT2D eigenvalue weighted by Gasteiger charge is 2.13. The number of hydrogen-bond acceptors (Lipinski definition) is 3. The quantitative estimate of drug-likeness (QED) is 0.770. The first-order chi connectivity index (χ1) is 9.88. The first kappa shape index (κ1) is 17.5. The van der Waals surface area contributed by atoms with Gasteiger partial charge < -0.3 is 15.8 Å². The number of nitrogens with two attached hydrogens (primary N) is 1. The third kappa shape index (κ3) is 7.14. The van der Waals surface area contributed by atoms with Gasteiger partial charge in [0.1, 0.15) is 5.75 Å². The maximum Gasteiger partial charge on any atom is 0.227 e. The van der Waals surface area contributed by atoms with Crippen molar-refractivity contribution in [3.8, 4) is 5.75 Å². The molecule has 0 fully saturated rings. The molecular weight excluding hydrogens is 264 g/mol. The van der Waals surface area contributed by atoms with Crippen LogP contribution in [0.5, 0.6) is 5.75 Å². The van der Waals surface area contributed by atoms with Crippen LogP contribution in [0, 0.1) is 5.92 Å². The van der Waals surface area contributed by atoms with E-state index in [2.05, 4.69) is 5.32 Å². The summed E-state index contributed by atoms with van der Waals surface area (Å²) in [4.78, 5) is 12.1. The largest absolute Gasteiger partial charge is 0.491 e. The predicted octanol–water partition coefficient (Wildman–Crippen LogP) is 3.57. The van der Waals surface area contributed by atoms with Crippen LogP contribution in [0.15, 0.2) is 24.3 Å². The Balaban J connectivity index is 2.43. The summed E-state index contributed by atoms with van der Waals surface area (Å²) in [6, 6.07) is 7.68. The molecule has 2 atom stereocenters. The standard InChI is InChI=1S/C17H28N2O2/c1-12(2)21-16-10-8-15(9-11-16)19-17(20)13(3)6-5-7-14(4)18/h8-14H,5-7,18H2,1-4H3,(H,19,20). The highest BCUT2D eigenvalue weighted by molar-refractivity contribution is 5.92. The lowest BCUT2D eigenvalue weighted by atomic mass is 10.0. The maximum absolute atomic E-state index is 12.1. The van der Waals surface area contributed by atoms with Crippen LogP contribution in [0.3, 0.4) is 0 Å². The van der Waals surface area contributed by atoms with E-state index >= 15 is 0 Å². The van der Waals surface area contributed by atoms with E-state index < -0.39 is 0 Å². The summed E-state index contributed by atoms with van der Waals surface area (Å²) in [7, 11) is 0. The molecule has 4 nitrogen and oxygen atoms in total. The number of anilines is 1. The normalized spacial score (nSPS) is 13.8. The molecule has 0 aliphatic carbocycles. The molecule has 1 rings (SSSR count). The number of carbonyl (C=O) groups excluding carboxylic acids is 1. The molecule has 0 aliphatic rings. The minimum atomic E-state index is -0.00431. The van der Waals surface area contributed by atoms with Crippen molar-refractivity contribution in [3.63, 3.8) is 0 Å². The Morgan fingerprint density at radius 1 is 1.14 bits per heavy atom. The van der Waals surface area contributed by atoms with Gasteiger partial charge in [0.05, 0.1) is 6.10 Å². The summed E-state index contributed by atoms with van der Waals surface area (Å²) < 4.78 is 5.57. The molecule has 2 unspecified atom stereocenters. The fraction of sp³-hybridized carbons (Fsp3) is 0.588. The van der Waals surface area contributed by atoms with E-state index in [1.165, 1.54) is 0 Å². The third-order valence-electron chi connectivity index (χ3n) is 3.24. The van der Waals surface area contributed by atoms with Gasteiger partial charge in [-0.25, -0.2) is 0 Å². The molecule has 0 saturated heterocycles. The Kier molecular flexibility index (Phi) is 7.23. The second-order valence-electron chi connectivity index (χ2n) is 5.99. The summed E-state index contributed by atoms with van der Waals surface area (Å²) in [5.74, 6) is 0.862. The molecule has 3 N–H and O–H groups in total. The summed E-state index contributed by atoms with van der Waals surface area (Å²) in [5.41, 5.74) is 6.52. The van der Waals surface area contributed by atoms with Gasteiger partial charge in [-0.05, 0) is 57.9 Å². The van der Waals surface area contributed by atoms with Crippen LogP contribution >= 0.6 is 0 Å². The van der Waals surface area contributed by atoms with Crippen LogP contribution in [0.2, 0.25) is 0 Å². The van der Waals surface area contributed by atoms with Crippen LogP contribution in [0.1, 0.15) is 47.0 Å². The summed E-state index contributed by atoms with van der Waals surface area (Å²) in [6.07, 6.45) is 2.95. The minimum Gasteiger partial charge on any atom is -0.491 e. The Morgan fingerprint density at radius 3 is 2.29 bits per heavy atom. The second-order valence-corrected chi connectivity index (χ2v) is 5.99. The van der Waals surface area contributed by atoms with E-state index in [0.717, 1.165) is 30.7 Å². The van der Waals surface area contributed by atoms with Gasteiger partial charge in [-0.1, -0.05) is 13.3 Å². The van der Waals surface area contributed by atoms with Gasteiger partial charge in [0, 0.05) is 17.6 Å². The van der Waals surface area contributed by atoms with Crippen LogP contribution < -0.4 is 15.8 Å². The zero-order chi connectivity index (χ0) is 15.8. The summed E-state index contributed by atoms with van der Waals surface area (Å²) >= 11 is 0. The molecule has 21 heavy (non-hydrogen) atoms. The summed E-state index contributed by atoms with van der Waals surface area (Å²) in [5, 5.41) is 2.93. The first-order valence-electron chi connectivity index (χ1n) is 7.71. The second kappa shape index (κ2) is 8.67. The molecule has 0 aliphatic heterocycles. The zero-order valence-corrected chi connectivity index (χ0v) is 13.6. The van der Waals surface area contributed by atoms with Gasteiger partial charge in [-0.3, -0.25) is 4.79 Å². The molecule has 0 heterocycles. The monoisotopic (exact) mass is 292 g/mol. The lowest BCUT2D eigenvalue weighted by Crippen LogP contribution is -2.21. The smallest absolute Gasteiger partial charge is 0.227 e. The molecule has 1 aromatic carbocycles. The van der Waals surface area contributed by atoms with Gasteiger partial charge in [0.2, 0.25) is 5.91 Å². The van der Waals surface area contributed by atoms with Crippen molar-refractivity contribution in [1.82, 2.24) is 0 Å². The van der Waals surface area contributed by atoms with Crippen LogP contribution in [0.4, 0.5) is 5.69 Å². The average molecular weight is 292 g/mol. The van der Waals surface area contributed by atoms with Crippen molar-refractivity contribution in [1.29, 1.82) is 0 Å². The van der Waals surface area contributed by atoms with Crippen LogP contribution in [0.25, 0.3) is 0 Å². The molecular formula is C17H28N2O2. The van der Waals surface area contributed by atoms with Crippen LogP contribution in [-0.2, 0) is 4.79 Å². The molecule has 0 radical (unpaired) electrons. The van der Waals surface area contributed by atoms with Crippen molar-refractivity contribution < 1.29 is 9.53 Å². The van der Waals surface area contributed by atoms with Gasteiger partial charge in [0.15, 0.2) is 0 Å². The lowest BCUT2D eigenvalue weighted by molar-refractivity contribution is -0.119. The van der Waals surface area contributed by atoms with Gasteiger partial charge >= 0.3 is 0 Å². The zero-order valence-electron chi connectivity index (χ0n) is 13.6. The van der Waals surface area contributed by atoms with Gasteiger partial charge in [-0.2, -0.15) is 0 Å². The highest BCUT2D eigenvalue weighted by Crippen LogP contribution is 2.18. The summed E-state index contributed by atoms with van der Waals surface area (Å²) in [6.45, 7) is 7.91. The number of benzene rings is 1. The van der Waals surface area contributed by atoms with Crippen molar-refractivity contribution >= 4 is 11.6 Å². The van der Waals surface area contributed by atoms with Crippen LogP contribution in [-0.4, -0.2) is 18.1 Å². The lowest BCUT2D eigenvalue weighted by Gasteiger charge is -2.14. The molecule has 1 aromatic rings. The fourth-order valence-corrected chi connectivity index (χ4v) is 2.03. The number of nitrogens with one attached hydrogen (secondary N) is 1. The van der Waals surface area contributed by atoms with Gasteiger partial charge in [0.25, 0.3) is 0 Å². The SMILES string of the molecule is CC(N)CCCC(C)C(=O)Nc1ccc(OC(C)C)cc1. The van der Waals surface area contributed by atoms with E-state index in [1.807, 2.05) is 52.0 Å². The van der Waals surface area contributed by atoms with E-state index in [0.29, 0.717) is 0 Å². The van der Waals surface area contributed by atoms with E-state index in [1.54, 1.807) is 0 Å². The number of ether oxygens (including phenoxy) is 1. The van der Waals surface area contributed by atoms with Crippen molar-refractivity contribution in [3.05, 3.63) is 24.3 Å². The Hall–Kier alpha value is -1.55. The van der Waals surface area contributed by atoms with Gasteiger partial charge in [-0.15, -0.1) is 0 Å². The van der Waals surface area contributed by atoms with E-state index in [-0.39, 0.29) is 24.0 Å². The Morgan fingerprint density at radius 2 is 1.76 bits per heavy atom. The predicted molar refractivity (Wildman–Crippen MR) is 87.5 cm³/mol. The number of carbonyl (C=O) groups is 1. The average Bonchev–Trinajstić information content (AvgIpc) is 2.39. The van der Waals surface area contributed by atoms with Crippen molar-refractivity contribution in [2.24, 2.45) is 11.7 Å². The minimum absolute atomic E-state index is 0.00431. The molecule has 1 amide bonds. The molecule has 118 valence electrons. The number of amides is 1. The molecule has 0 spiro atoms. The molecule has 0 aromatic heterocycles. The molecule has 0 saturated carbocycles. The topological polar surface area (TPSA) is 64.4 Å². The van der Waals surface area contributed by atoms with Crippen molar-refractivity contribution in [2.75, 3.05) is 5.32 Å². The third-order valence-corrected chi connectivity index (χ3v) is 3.24. The van der Waals surface area contributed by atoms with E-state index in [9.17, 15) is 4.79 Å². The van der Waals surface area contributed by atoms with Crippen molar-refractivity contribution in [2.45, 2.75) is 59.1 Å². The Labute approximate surface area is 128 Å². The molecule has 0 bridgehead atoms. The number of rotatable bonds is 8. The first-order valence-corrected chi connectivity index (χ1v) is 7.71. The maximum atomic E-state index is 12.1. The molecule has 4 heteroatoms. The fourth-order valence-electron chi connectivity index (χ4n) is 2.03.